The Morgan fingerprint density at radius 3 is 2.77 bits per heavy atom. The van der Waals surface area contributed by atoms with E-state index in [1.807, 2.05) is 4.68 Å². The van der Waals surface area contributed by atoms with Gasteiger partial charge in [-0.3, -0.25) is 4.68 Å². The fourth-order valence-electron chi connectivity index (χ4n) is 3.50. The van der Waals surface area contributed by atoms with E-state index in [1.165, 1.54) is 43.5 Å². The fraction of sp³-hybridized carbons (Fsp3) is 0.824. The van der Waals surface area contributed by atoms with Gasteiger partial charge in [0.2, 0.25) is 0 Å². The lowest BCUT2D eigenvalue weighted by Gasteiger charge is -2.33. The lowest BCUT2D eigenvalue weighted by atomic mass is 10.00. The summed E-state index contributed by atoms with van der Waals surface area (Å²) >= 11 is 0. The van der Waals surface area contributed by atoms with Crippen LogP contribution in [-0.4, -0.2) is 64.5 Å². The third-order valence-corrected chi connectivity index (χ3v) is 5.04. The Bertz CT molecular complexity index is 471. The van der Waals surface area contributed by atoms with E-state index in [2.05, 4.69) is 42.8 Å². The normalized spacial score (nSPS) is 20.0. The molecule has 5 heteroatoms. The number of aromatic nitrogens is 2. The van der Waals surface area contributed by atoms with E-state index in [9.17, 15) is 0 Å². The van der Waals surface area contributed by atoms with Gasteiger partial charge < -0.3 is 14.9 Å². The van der Waals surface area contributed by atoms with Crippen molar-refractivity contribution in [3.05, 3.63) is 17.0 Å². The van der Waals surface area contributed by atoms with Gasteiger partial charge in [-0.05, 0) is 60.3 Å². The van der Waals surface area contributed by atoms with Crippen LogP contribution in [0.5, 0.6) is 0 Å². The summed E-state index contributed by atoms with van der Waals surface area (Å²) in [6, 6.07) is 0.746. The molecule has 1 atom stereocenters. The second-order valence-corrected chi connectivity index (χ2v) is 6.75. The zero-order chi connectivity index (χ0) is 16.1. The van der Waals surface area contributed by atoms with Crippen molar-refractivity contribution in [3.8, 4) is 0 Å². The molecule has 0 aliphatic carbocycles. The van der Waals surface area contributed by atoms with Crippen molar-refractivity contribution >= 4 is 0 Å². The molecule has 1 aromatic rings. The molecule has 1 aromatic heterocycles. The zero-order valence-corrected chi connectivity index (χ0v) is 14.7. The highest BCUT2D eigenvalue weighted by Crippen LogP contribution is 2.19. The Balaban J connectivity index is 1.87. The third kappa shape index (κ3) is 4.31. The molecule has 1 saturated heterocycles. The molecule has 1 aliphatic rings. The van der Waals surface area contributed by atoms with Crippen molar-refractivity contribution in [3.63, 3.8) is 0 Å². The van der Waals surface area contributed by atoms with Gasteiger partial charge in [0.1, 0.15) is 0 Å². The summed E-state index contributed by atoms with van der Waals surface area (Å²) in [5.41, 5.74) is 3.59. The highest BCUT2D eigenvalue weighted by atomic mass is 16.3. The van der Waals surface area contributed by atoms with Crippen LogP contribution >= 0.6 is 0 Å². The number of aryl methyl sites for hydroxylation is 1. The number of hydrogen-bond acceptors (Lipinski definition) is 4. The summed E-state index contributed by atoms with van der Waals surface area (Å²) in [6.45, 7) is 8.22. The lowest BCUT2D eigenvalue weighted by Crippen LogP contribution is -2.38. The molecule has 0 radical (unpaired) electrons. The number of piperidine rings is 1. The van der Waals surface area contributed by atoms with Crippen LogP contribution < -0.4 is 0 Å². The molecule has 0 aromatic carbocycles. The average molecular weight is 308 g/mol. The Hall–Kier alpha value is -0.910. The number of rotatable bonds is 7. The molecule has 5 nitrogen and oxygen atoms in total. The van der Waals surface area contributed by atoms with Crippen molar-refractivity contribution < 1.29 is 5.11 Å². The molecule has 22 heavy (non-hydrogen) atoms. The molecule has 0 saturated carbocycles. The van der Waals surface area contributed by atoms with Gasteiger partial charge in [0, 0.05) is 23.8 Å². The van der Waals surface area contributed by atoms with Gasteiger partial charge in [0.25, 0.3) is 0 Å². The molecule has 2 heterocycles. The fourth-order valence-corrected chi connectivity index (χ4v) is 3.50. The number of likely N-dealkylation sites (tertiary alicyclic amines) is 1. The smallest absolute Gasteiger partial charge is 0.0644 e. The minimum Gasteiger partial charge on any atom is -0.394 e. The minimum atomic E-state index is 0.144. The predicted molar refractivity (Wildman–Crippen MR) is 90.0 cm³/mol. The van der Waals surface area contributed by atoms with E-state index in [0.29, 0.717) is 6.54 Å². The summed E-state index contributed by atoms with van der Waals surface area (Å²) in [5.74, 6) is 0. The Labute approximate surface area is 134 Å². The van der Waals surface area contributed by atoms with Gasteiger partial charge in [-0.15, -0.1) is 0 Å². The van der Waals surface area contributed by atoms with E-state index in [0.717, 1.165) is 24.8 Å². The second-order valence-electron chi connectivity index (χ2n) is 6.75. The van der Waals surface area contributed by atoms with Gasteiger partial charge in [-0.1, -0.05) is 6.42 Å². The van der Waals surface area contributed by atoms with Gasteiger partial charge in [0.15, 0.2) is 0 Å². The number of nitrogens with zero attached hydrogens (tertiary/aromatic N) is 4. The summed E-state index contributed by atoms with van der Waals surface area (Å²) < 4.78 is 1.92. The Kier molecular flexibility index (Phi) is 6.41. The van der Waals surface area contributed by atoms with Crippen molar-refractivity contribution in [2.45, 2.75) is 58.7 Å². The van der Waals surface area contributed by atoms with Crippen LogP contribution in [0.3, 0.4) is 0 Å². The summed E-state index contributed by atoms with van der Waals surface area (Å²) in [5, 5.41) is 13.6. The molecular formula is C17H32N4O. The minimum absolute atomic E-state index is 0.144. The van der Waals surface area contributed by atoms with E-state index in [4.69, 9.17) is 5.11 Å². The molecule has 2 rings (SSSR count). The average Bonchev–Trinajstić information content (AvgIpc) is 2.74. The lowest BCUT2D eigenvalue weighted by molar-refractivity contribution is 0.159. The topological polar surface area (TPSA) is 44.5 Å². The van der Waals surface area contributed by atoms with E-state index in [1.54, 1.807) is 0 Å². The Morgan fingerprint density at radius 1 is 1.32 bits per heavy atom. The molecule has 1 unspecified atom stereocenters. The number of aliphatic hydroxyl groups is 1. The van der Waals surface area contributed by atoms with Gasteiger partial charge >= 0.3 is 0 Å². The SMILES string of the molecule is Cc1nn(CCO)c(C)c1CN(C)CCC1CCCCN1C. The highest BCUT2D eigenvalue weighted by molar-refractivity contribution is 5.24. The molecule has 0 spiro atoms. The molecule has 0 amide bonds. The monoisotopic (exact) mass is 308 g/mol. The van der Waals surface area contributed by atoms with Gasteiger partial charge in [-0.25, -0.2) is 0 Å². The number of hydrogen-bond donors (Lipinski definition) is 1. The Morgan fingerprint density at radius 2 is 2.09 bits per heavy atom. The number of aliphatic hydroxyl groups excluding tert-OH is 1. The van der Waals surface area contributed by atoms with E-state index >= 15 is 0 Å². The van der Waals surface area contributed by atoms with E-state index in [-0.39, 0.29) is 6.61 Å². The maximum Gasteiger partial charge on any atom is 0.0644 e. The third-order valence-electron chi connectivity index (χ3n) is 5.04. The largest absolute Gasteiger partial charge is 0.394 e. The van der Waals surface area contributed by atoms with Crippen LogP contribution in [0.15, 0.2) is 0 Å². The van der Waals surface area contributed by atoms with Crippen LogP contribution in [0, 0.1) is 13.8 Å². The first-order chi connectivity index (χ1) is 10.5. The van der Waals surface area contributed by atoms with Crippen LogP contribution in [0.2, 0.25) is 0 Å². The van der Waals surface area contributed by atoms with Crippen molar-refractivity contribution in [1.82, 2.24) is 19.6 Å². The highest BCUT2D eigenvalue weighted by Gasteiger charge is 2.19. The second kappa shape index (κ2) is 8.09. The van der Waals surface area contributed by atoms with Crippen LogP contribution in [0.1, 0.15) is 42.6 Å². The first-order valence-electron chi connectivity index (χ1n) is 8.55. The molecule has 126 valence electrons. The summed E-state index contributed by atoms with van der Waals surface area (Å²) in [7, 11) is 4.46. The standard InChI is InChI=1S/C17H32N4O/c1-14-17(15(2)21(18-14)11-12-22)13-19(3)10-8-16-7-5-6-9-20(16)4/h16,22H,5-13H2,1-4H3. The first-order valence-corrected chi connectivity index (χ1v) is 8.55. The van der Waals surface area contributed by atoms with E-state index < -0.39 is 0 Å². The van der Waals surface area contributed by atoms with Crippen LogP contribution in [-0.2, 0) is 13.1 Å². The molecule has 1 fully saturated rings. The van der Waals surface area contributed by atoms with Crippen molar-refractivity contribution in [2.24, 2.45) is 0 Å². The summed E-state index contributed by atoms with van der Waals surface area (Å²) in [4.78, 5) is 4.93. The molecule has 1 N–H and O–H groups in total. The maximum absolute atomic E-state index is 9.10. The first kappa shape index (κ1) is 17.4. The van der Waals surface area contributed by atoms with Crippen LogP contribution in [0.25, 0.3) is 0 Å². The van der Waals surface area contributed by atoms with Crippen molar-refractivity contribution in [1.29, 1.82) is 0 Å². The van der Waals surface area contributed by atoms with Crippen LogP contribution in [0.4, 0.5) is 0 Å². The van der Waals surface area contributed by atoms with Crippen molar-refractivity contribution in [2.75, 3.05) is 33.8 Å². The molecule has 1 aliphatic heterocycles. The maximum atomic E-state index is 9.10. The molecular weight excluding hydrogens is 276 g/mol. The quantitative estimate of drug-likeness (QED) is 0.834. The zero-order valence-electron chi connectivity index (χ0n) is 14.7. The van der Waals surface area contributed by atoms with Gasteiger partial charge in [0.05, 0.1) is 18.8 Å². The predicted octanol–water partition coefficient (Wildman–Crippen LogP) is 1.80. The summed E-state index contributed by atoms with van der Waals surface area (Å²) in [6.07, 6.45) is 5.32. The molecule has 0 bridgehead atoms. The van der Waals surface area contributed by atoms with Gasteiger partial charge in [-0.2, -0.15) is 5.10 Å².